The van der Waals surface area contributed by atoms with E-state index in [1.54, 1.807) is 24.3 Å². The molecule has 0 unspecified atom stereocenters. The summed E-state index contributed by atoms with van der Waals surface area (Å²) in [6.45, 7) is 6.01. The molecule has 0 atom stereocenters. The third-order valence-electron chi connectivity index (χ3n) is 4.36. The zero-order chi connectivity index (χ0) is 21.7. The molecule has 0 bridgehead atoms. The molecular formula is C23H22Cl2N2O3. The second-order valence-electron chi connectivity index (χ2n) is 7.11. The van der Waals surface area contributed by atoms with Crippen molar-refractivity contribution in [2.24, 2.45) is 5.10 Å². The van der Waals surface area contributed by atoms with Gasteiger partial charge in [-0.2, -0.15) is 5.10 Å². The molecule has 156 valence electrons. The second kappa shape index (κ2) is 9.83. The molecular weight excluding hydrogens is 423 g/mol. The first-order valence-electron chi connectivity index (χ1n) is 9.44. The normalized spacial score (nSPS) is 11.3. The van der Waals surface area contributed by atoms with E-state index in [1.165, 1.54) is 6.21 Å². The third kappa shape index (κ3) is 5.65. The average Bonchev–Trinajstić information content (AvgIpc) is 3.17. The van der Waals surface area contributed by atoms with Crippen molar-refractivity contribution in [2.45, 2.75) is 26.7 Å². The molecule has 0 spiro atoms. The van der Waals surface area contributed by atoms with E-state index in [1.807, 2.05) is 31.2 Å². The number of carbonyl (C=O) groups is 1. The van der Waals surface area contributed by atoms with Crippen molar-refractivity contribution in [1.29, 1.82) is 0 Å². The molecule has 0 radical (unpaired) electrons. The summed E-state index contributed by atoms with van der Waals surface area (Å²) < 4.78 is 11.4. The first-order valence-corrected chi connectivity index (χ1v) is 10.2. The molecule has 0 aliphatic heterocycles. The summed E-state index contributed by atoms with van der Waals surface area (Å²) in [5, 5.41) is 4.85. The monoisotopic (exact) mass is 444 g/mol. The van der Waals surface area contributed by atoms with Gasteiger partial charge in [-0.15, -0.1) is 0 Å². The maximum atomic E-state index is 12.1. The molecule has 0 aliphatic carbocycles. The number of hydrogen-bond donors (Lipinski definition) is 1. The van der Waals surface area contributed by atoms with Crippen LogP contribution >= 0.6 is 23.2 Å². The van der Waals surface area contributed by atoms with E-state index >= 15 is 0 Å². The first kappa shape index (κ1) is 21.9. The molecule has 0 saturated heterocycles. The lowest BCUT2D eigenvalue weighted by molar-refractivity contribution is -0.123. The van der Waals surface area contributed by atoms with Crippen LogP contribution in [0.4, 0.5) is 0 Å². The Bertz CT molecular complexity index is 1070. The van der Waals surface area contributed by atoms with Crippen LogP contribution in [0.2, 0.25) is 10.0 Å². The molecule has 0 saturated carbocycles. The first-order chi connectivity index (χ1) is 14.3. The van der Waals surface area contributed by atoms with Gasteiger partial charge in [-0.1, -0.05) is 49.2 Å². The maximum Gasteiger partial charge on any atom is 0.277 e. The Hall–Kier alpha value is -2.76. The van der Waals surface area contributed by atoms with E-state index < -0.39 is 0 Å². The Labute approximate surface area is 185 Å². The number of benzene rings is 2. The molecule has 5 nitrogen and oxygen atoms in total. The summed E-state index contributed by atoms with van der Waals surface area (Å²) in [6.07, 6.45) is 1.42. The summed E-state index contributed by atoms with van der Waals surface area (Å²) in [4.78, 5) is 12.1. The molecule has 2 aromatic carbocycles. The zero-order valence-electron chi connectivity index (χ0n) is 16.9. The van der Waals surface area contributed by atoms with Crippen molar-refractivity contribution >= 4 is 35.3 Å². The molecule has 0 aliphatic rings. The Morgan fingerprint density at radius 2 is 1.93 bits per heavy atom. The quantitative estimate of drug-likeness (QED) is 0.347. The van der Waals surface area contributed by atoms with Crippen LogP contribution in [-0.2, 0) is 4.79 Å². The molecule has 30 heavy (non-hydrogen) atoms. The highest BCUT2D eigenvalue weighted by molar-refractivity contribution is 6.42. The predicted molar refractivity (Wildman–Crippen MR) is 121 cm³/mol. The lowest BCUT2D eigenvalue weighted by Crippen LogP contribution is -2.24. The van der Waals surface area contributed by atoms with Crippen molar-refractivity contribution in [3.05, 3.63) is 75.5 Å². The van der Waals surface area contributed by atoms with Crippen molar-refractivity contribution in [2.75, 3.05) is 6.61 Å². The SMILES string of the molecule is Cc1ccc(C(C)C)c(OCC(=O)N/N=C\c2ccc(-c3ccc(Cl)c(Cl)c3)o2)c1. The number of nitrogens with zero attached hydrogens (tertiary/aromatic N) is 1. The van der Waals surface area contributed by atoms with Crippen LogP contribution in [0.5, 0.6) is 5.75 Å². The van der Waals surface area contributed by atoms with Crippen molar-refractivity contribution < 1.29 is 13.9 Å². The topological polar surface area (TPSA) is 63.8 Å². The van der Waals surface area contributed by atoms with Gasteiger partial charge in [0.2, 0.25) is 0 Å². The van der Waals surface area contributed by atoms with Crippen molar-refractivity contribution in [3.63, 3.8) is 0 Å². The molecule has 3 aromatic rings. The Morgan fingerprint density at radius 3 is 2.67 bits per heavy atom. The Balaban J connectivity index is 1.56. The number of furan rings is 1. The van der Waals surface area contributed by atoms with Gasteiger partial charge in [0.25, 0.3) is 5.91 Å². The van der Waals surface area contributed by atoms with Crippen LogP contribution in [0.25, 0.3) is 11.3 Å². The van der Waals surface area contributed by atoms with Gasteiger partial charge in [-0.25, -0.2) is 5.43 Å². The predicted octanol–water partition coefficient (Wildman–Crippen LogP) is 6.21. The molecule has 1 N–H and O–H groups in total. The van der Waals surface area contributed by atoms with Crippen LogP contribution in [-0.4, -0.2) is 18.7 Å². The lowest BCUT2D eigenvalue weighted by Gasteiger charge is -2.14. The Kier molecular flexibility index (Phi) is 7.19. The number of amides is 1. The minimum absolute atomic E-state index is 0.132. The third-order valence-corrected chi connectivity index (χ3v) is 5.10. The minimum Gasteiger partial charge on any atom is -0.483 e. The van der Waals surface area contributed by atoms with Gasteiger partial charge in [0, 0.05) is 5.56 Å². The average molecular weight is 445 g/mol. The second-order valence-corrected chi connectivity index (χ2v) is 7.92. The number of aryl methyl sites for hydroxylation is 1. The highest BCUT2D eigenvalue weighted by Crippen LogP contribution is 2.29. The highest BCUT2D eigenvalue weighted by atomic mass is 35.5. The summed E-state index contributed by atoms with van der Waals surface area (Å²) in [6, 6.07) is 14.7. The molecule has 3 rings (SSSR count). The summed E-state index contributed by atoms with van der Waals surface area (Å²) in [5.41, 5.74) is 5.36. The lowest BCUT2D eigenvalue weighted by atomic mass is 10.0. The van der Waals surface area contributed by atoms with Crippen molar-refractivity contribution in [1.82, 2.24) is 5.43 Å². The van der Waals surface area contributed by atoms with E-state index in [-0.39, 0.29) is 12.5 Å². The van der Waals surface area contributed by atoms with Crippen molar-refractivity contribution in [3.8, 4) is 17.1 Å². The number of nitrogens with one attached hydrogen (secondary N) is 1. The molecule has 1 aromatic heterocycles. The molecule has 7 heteroatoms. The molecule has 0 fully saturated rings. The van der Waals surface area contributed by atoms with E-state index in [0.29, 0.717) is 33.2 Å². The molecule has 1 heterocycles. The number of hydrazone groups is 1. The number of ether oxygens (including phenoxy) is 1. The van der Waals surface area contributed by atoms with Gasteiger partial charge >= 0.3 is 0 Å². The van der Waals surface area contributed by atoms with E-state index in [2.05, 4.69) is 24.4 Å². The van der Waals surface area contributed by atoms with E-state index in [4.69, 9.17) is 32.4 Å². The zero-order valence-corrected chi connectivity index (χ0v) is 18.4. The van der Waals surface area contributed by atoms with Crippen LogP contribution in [0.15, 0.2) is 58.0 Å². The van der Waals surface area contributed by atoms with Crippen LogP contribution in [0.3, 0.4) is 0 Å². The fourth-order valence-electron chi connectivity index (χ4n) is 2.81. The van der Waals surface area contributed by atoms with Gasteiger partial charge in [0.05, 0.1) is 16.3 Å². The van der Waals surface area contributed by atoms with E-state index in [0.717, 1.165) is 16.7 Å². The fourth-order valence-corrected chi connectivity index (χ4v) is 3.11. The number of rotatable bonds is 7. The van der Waals surface area contributed by atoms with Gasteiger partial charge in [-0.05, 0) is 60.4 Å². The standard InChI is InChI=1S/C23H22Cl2N2O3/c1-14(2)18-7-4-15(3)10-22(18)29-13-23(28)27-26-12-17-6-9-21(30-17)16-5-8-19(24)20(25)11-16/h4-12,14H,13H2,1-3H3,(H,27,28)/b26-12-. The van der Waals surface area contributed by atoms with Gasteiger partial charge < -0.3 is 9.15 Å². The largest absolute Gasteiger partial charge is 0.483 e. The van der Waals surface area contributed by atoms with Gasteiger partial charge in [0.15, 0.2) is 6.61 Å². The van der Waals surface area contributed by atoms with Crippen LogP contribution in [0.1, 0.15) is 36.7 Å². The smallest absolute Gasteiger partial charge is 0.277 e. The summed E-state index contributed by atoms with van der Waals surface area (Å²) in [7, 11) is 0. The minimum atomic E-state index is -0.362. The van der Waals surface area contributed by atoms with E-state index in [9.17, 15) is 4.79 Å². The number of carbonyl (C=O) groups excluding carboxylic acids is 1. The fraction of sp³-hybridized carbons (Fsp3) is 0.217. The number of hydrogen-bond acceptors (Lipinski definition) is 4. The van der Waals surface area contributed by atoms with Gasteiger partial charge in [-0.3, -0.25) is 4.79 Å². The summed E-state index contributed by atoms with van der Waals surface area (Å²) in [5.74, 6) is 1.74. The summed E-state index contributed by atoms with van der Waals surface area (Å²) >= 11 is 12.0. The number of halogens is 2. The Morgan fingerprint density at radius 1 is 1.13 bits per heavy atom. The highest BCUT2D eigenvalue weighted by Gasteiger charge is 2.10. The van der Waals surface area contributed by atoms with Crippen LogP contribution in [0, 0.1) is 6.92 Å². The maximum absolute atomic E-state index is 12.1. The van der Waals surface area contributed by atoms with Gasteiger partial charge in [0.1, 0.15) is 17.3 Å². The van der Waals surface area contributed by atoms with Crippen LogP contribution < -0.4 is 10.2 Å². The molecule has 1 amide bonds.